The molecule has 0 aliphatic rings. The number of rotatable bonds is 8. The van der Waals surface area contributed by atoms with E-state index in [1.54, 1.807) is 56.3 Å². The smallest absolute Gasteiger partial charge is 0.870 e. The van der Waals surface area contributed by atoms with Crippen LogP contribution in [-0.4, -0.2) is 25.5 Å². The van der Waals surface area contributed by atoms with Crippen LogP contribution in [0, 0.1) is 0 Å². The summed E-state index contributed by atoms with van der Waals surface area (Å²) < 4.78 is 39.2. The summed E-state index contributed by atoms with van der Waals surface area (Å²) in [6, 6.07) is 15.6. The van der Waals surface area contributed by atoms with Crippen molar-refractivity contribution in [2.45, 2.75) is 25.2 Å². The Morgan fingerprint density at radius 3 is 2.40 bits per heavy atom. The first-order valence-electron chi connectivity index (χ1n) is 11.7. The van der Waals surface area contributed by atoms with Crippen molar-refractivity contribution >= 4 is 67.1 Å². The Balaban J connectivity index is 0.00000441. The minimum Gasteiger partial charge on any atom is -0.870 e. The van der Waals surface area contributed by atoms with Gasteiger partial charge in [0.1, 0.15) is 22.0 Å². The van der Waals surface area contributed by atoms with Gasteiger partial charge in [-0.15, -0.1) is 5.11 Å². The number of aryl methyl sites for hydroxylation is 1. The summed E-state index contributed by atoms with van der Waals surface area (Å²) >= 11 is 12.7. The first kappa shape index (κ1) is 31.8. The quantitative estimate of drug-likeness (QED) is 0.175. The molecule has 4 aromatic rings. The first-order valence-corrected chi connectivity index (χ1v) is 13.9. The van der Waals surface area contributed by atoms with E-state index in [4.69, 9.17) is 27.9 Å². The molecular weight excluding hydrogens is 588 g/mol. The second kappa shape index (κ2) is 13.3. The monoisotopic (exact) mass is 609 g/mol. The molecule has 4 rings (SSSR count). The van der Waals surface area contributed by atoms with E-state index in [2.05, 4.69) is 15.5 Å². The topological polar surface area (TPSA) is 140 Å². The summed E-state index contributed by atoms with van der Waals surface area (Å²) in [5.41, 5.74) is -0.0460. The number of anilines is 1. The molecule has 0 bridgehead atoms. The van der Waals surface area contributed by atoms with E-state index < -0.39 is 26.7 Å². The number of hydrogen-bond acceptors (Lipinski definition) is 7. The second-order valence-corrected chi connectivity index (χ2v) is 10.4. The zero-order valence-corrected chi connectivity index (χ0v) is 26.1. The van der Waals surface area contributed by atoms with E-state index in [-0.39, 0.29) is 62.2 Å². The molecule has 9 nitrogen and oxygen atoms in total. The Kier molecular flexibility index (Phi) is 10.6. The van der Waals surface area contributed by atoms with Crippen molar-refractivity contribution < 1.29 is 57.2 Å². The summed E-state index contributed by atoms with van der Waals surface area (Å²) in [6.07, 6.45) is 0.449. The Bertz CT molecular complexity index is 1730. The number of carbonyl (C=O) groups excluding carboxylic acids is 1. The molecule has 0 saturated carbocycles. The molecule has 0 fully saturated rings. The van der Waals surface area contributed by atoms with Crippen LogP contribution in [-0.2, 0) is 16.5 Å². The van der Waals surface area contributed by atoms with Crippen LogP contribution >= 0.6 is 23.2 Å². The van der Waals surface area contributed by atoms with Gasteiger partial charge in [-0.1, -0.05) is 72.3 Å². The van der Waals surface area contributed by atoms with Crippen LogP contribution in [0.5, 0.6) is 11.5 Å². The average Bonchev–Trinajstić information content (AvgIpc) is 2.89. The predicted molar refractivity (Wildman–Crippen MR) is 149 cm³/mol. The number of fused-ring (bicyclic) bond motifs is 1. The minimum absolute atomic E-state index is 0. The van der Waals surface area contributed by atoms with Crippen LogP contribution in [0.2, 0.25) is 10.0 Å². The van der Waals surface area contributed by atoms with Crippen molar-refractivity contribution in [2.24, 2.45) is 10.2 Å². The molecule has 0 spiro atoms. The summed E-state index contributed by atoms with van der Waals surface area (Å²) in [5.74, 6) is -1.20. The molecule has 40 heavy (non-hydrogen) atoms. The van der Waals surface area contributed by atoms with Crippen molar-refractivity contribution in [3.05, 3.63) is 81.8 Å². The first-order chi connectivity index (χ1) is 18.6. The Hall–Kier alpha value is -2.70. The second-order valence-electron chi connectivity index (χ2n) is 8.24. The number of hydrogen-bond donors (Lipinski definition) is 2. The number of ether oxygens (including phenoxy) is 1. The third-order valence-electron chi connectivity index (χ3n) is 5.80. The van der Waals surface area contributed by atoms with Gasteiger partial charge in [0, 0.05) is 10.9 Å². The fourth-order valence-corrected chi connectivity index (χ4v) is 5.16. The van der Waals surface area contributed by atoms with E-state index in [1.807, 2.05) is 0 Å². The van der Waals surface area contributed by atoms with Gasteiger partial charge in [-0.25, -0.2) is 0 Å². The van der Waals surface area contributed by atoms with Gasteiger partial charge in [0.15, 0.2) is 0 Å². The van der Waals surface area contributed by atoms with Crippen molar-refractivity contribution in [1.29, 1.82) is 0 Å². The molecule has 0 unspecified atom stereocenters. The Morgan fingerprint density at radius 2 is 1.73 bits per heavy atom. The summed E-state index contributed by atoms with van der Waals surface area (Å²) in [4.78, 5) is 12.7. The minimum atomic E-state index is -4.71. The van der Waals surface area contributed by atoms with Crippen LogP contribution in [0.15, 0.2) is 75.8 Å². The fraction of sp³-hybridized carbons (Fsp3) is 0.148. The molecule has 0 atom stereocenters. The van der Waals surface area contributed by atoms with Crippen LogP contribution in [0.25, 0.3) is 10.8 Å². The molecule has 2 N–H and O–H groups in total. The van der Waals surface area contributed by atoms with Crippen molar-refractivity contribution in [3.8, 4) is 11.5 Å². The van der Waals surface area contributed by atoms with Gasteiger partial charge in [0.25, 0.3) is 16.0 Å². The maximum Gasteiger partial charge on any atom is 1.00 e. The number of benzene rings is 4. The van der Waals surface area contributed by atoms with Gasteiger partial charge in [-0.05, 0) is 48.6 Å². The third kappa shape index (κ3) is 6.60. The Labute approximate surface area is 263 Å². The molecular formula is C27H22Cl2N3NaO6S. The number of nitrogens with zero attached hydrogens (tertiary/aromatic N) is 2. The summed E-state index contributed by atoms with van der Waals surface area (Å²) in [6.45, 7) is 3.90. The number of azo groups is 1. The Morgan fingerprint density at radius 1 is 1.02 bits per heavy atom. The summed E-state index contributed by atoms with van der Waals surface area (Å²) in [7, 11) is -4.71. The summed E-state index contributed by atoms with van der Waals surface area (Å²) in [5, 5.41) is 25.3. The molecule has 0 saturated heterocycles. The van der Waals surface area contributed by atoms with Gasteiger partial charge in [0.05, 0.1) is 22.3 Å². The predicted octanol–water partition coefficient (Wildman–Crippen LogP) is 4.10. The van der Waals surface area contributed by atoms with E-state index in [0.29, 0.717) is 35.1 Å². The van der Waals surface area contributed by atoms with Gasteiger partial charge < -0.3 is 15.2 Å². The third-order valence-corrected chi connectivity index (χ3v) is 7.42. The van der Waals surface area contributed by atoms with Crippen molar-refractivity contribution in [3.63, 3.8) is 0 Å². The molecule has 0 heterocycles. The zero-order valence-electron chi connectivity index (χ0n) is 21.7. The van der Waals surface area contributed by atoms with Crippen molar-refractivity contribution in [1.82, 2.24) is 0 Å². The maximum absolute atomic E-state index is 13.5. The molecule has 13 heteroatoms. The zero-order chi connectivity index (χ0) is 28.3. The van der Waals surface area contributed by atoms with Gasteiger partial charge in [0.2, 0.25) is 0 Å². The van der Waals surface area contributed by atoms with E-state index in [0.717, 1.165) is 6.07 Å². The van der Waals surface area contributed by atoms with Gasteiger partial charge in [-0.3, -0.25) is 9.35 Å². The molecule has 0 aliphatic heterocycles. The van der Waals surface area contributed by atoms with E-state index in [1.165, 1.54) is 12.1 Å². The van der Waals surface area contributed by atoms with Crippen LogP contribution in [0.4, 0.5) is 17.1 Å². The van der Waals surface area contributed by atoms with Crippen LogP contribution in [0.1, 0.15) is 29.8 Å². The number of halogens is 2. The van der Waals surface area contributed by atoms with Crippen molar-refractivity contribution in [2.75, 3.05) is 11.9 Å². The SMILES string of the molecule is CCOc1cccc(Cl)c1NC(=O)c1cc2ccccc2c(N=Nc2c(S(=O)(=O)O)ccc(CC)c2Cl)c1[O-].[Na+]. The van der Waals surface area contributed by atoms with Gasteiger partial charge in [-0.2, -0.15) is 13.5 Å². The van der Waals surface area contributed by atoms with E-state index >= 15 is 0 Å². The maximum atomic E-state index is 13.5. The molecule has 0 aromatic heterocycles. The number of carbonyl (C=O) groups is 1. The molecule has 4 aromatic carbocycles. The molecule has 1 amide bonds. The van der Waals surface area contributed by atoms with Crippen LogP contribution in [0.3, 0.4) is 0 Å². The normalized spacial score (nSPS) is 11.4. The molecule has 0 radical (unpaired) electrons. The molecule has 0 aliphatic carbocycles. The standard InChI is InChI=1S/C27H23Cl2N3O6S.Na/c1-3-15-12-13-21(39(35,36)37)25(22(15)29)32-31-23-17-9-6-5-8-16(17)14-18(26(23)33)27(34)30-24-19(28)10-7-11-20(24)38-4-2;/h5-14,33H,3-4H2,1-2H3,(H,30,34)(H,35,36,37);/q;+1/p-1. The average molecular weight is 610 g/mol. The number of amides is 1. The number of nitrogens with one attached hydrogen (secondary N) is 1. The largest absolute Gasteiger partial charge is 1.00 e. The number of para-hydroxylation sites is 1. The van der Waals surface area contributed by atoms with Crippen LogP contribution < -0.4 is 44.7 Å². The fourth-order valence-electron chi connectivity index (χ4n) is 3.92. The van der Waals surface area contributed by atoms with Gasteiger partial charge >= 0.3 is 29.6 Å². The molecule has 202 valence electrons. The van der Waals surface area contributed by atoms with E-state index in [9.17, 15) is 22.9 Å².